The van der Waals surface area contributed by atoms with Crippen LogP contribution in [-0.2, 0) is 4.79 Å². The fourth-order valence-electron chi connectivity index (χ4n) is 2.35. The third-order valence-electron chi connectivity index (χ3n) is 3.44. The fourth-order valence-corrected chi connectivity index (χ4v) is 2.35. The molecule has 1 fully saturated rings. The molecule has 0 saturated heterocycles. The first-order valence-electron chi connectivity index (χ1n) is 6.09. The van der Waals surface area contributed by atoms with Crippen molar-refractivity contribution in [3.8, 4) is 17.6 Å². The summed E-state index contributed by atoms with van der Waals surface area (Å²) in [5, 5.41) is 28.1. The monoisotopic (exact) mass is 261 g/mol. The van der Waals surface area contributed by atoms with Crippen LogP contribution in [0.3, 0.4) is 0 Å². The summed E-state index contributed by atoms with van der Waals surface area (Å²) in [6.07, 6.45) is 1.86. The number of carbonyl (C=O) groups is 1. The first-order chi connectivity index (χ1) is 9.06. The maximum Gasteiger partial charge on any atom is 0.303 e. The van der Waals surface area contributed by atoms with Crippen molar-refractivity contribution in [1.29, 1.82) is 5.26 Å². The Hall–Kier alpha value is -2.22. The zero-order valence-electron chi connectivity index (χ0n) is 10.6. The molecule has 1 aliphatic rings. The van der Waals surface area contributed by atoms with Gasteiger partial charge in [-0.05, 0) is 24.8 Å². The summed E-state index contributed by atoms with van der Waals surface area (Å²) >= 11 is 0. The van der Waals surface area contributed by atoms with Crippen molar-refractivity contribution < 1.29 is 19.7 Å². The molecule has 1 atom stereocenters. The van der Waals surface area contributed by atoms with Crippen LogP contribution in [0.4, 0.5) is 0 Å². The van der Waals surface area contributed by atoms with E-state index in [1.807, 2.05) is 6.07 Å². The highest BCUT2D eigenvalue weighted by Crippen LogP contribution is 2.48. The fraction of sp³-hybridized carbons (Fsp3) is 0.429. The number of aliphatic carboxylic acids is 1. The Labute approximate surface area is 111 Å². The second kappa shape index (κ2) is 5.19. The molecule has 1 aromatic carbocycles. The minimum atomic E-state index is -0.905. The molecule has 0 amide bonds. The van der Waals surface area contributed by atoms with Crippen molar-refractivity contribution in [3.63, 3.8) is 0 Å². The van der Waals surface area contributed by atoms with Crippen molar-refractivity contribution >= 4 is 5.97 Å². The molecule has 0 spiro atoms. The van der Waals surface area contributed by atoms with E-state index in [0.29, 0.717) is 11.1 Å². The van der Waals surface area contributed by atoms with Crippen LogP contribution in [0.5, 0.6) is 11.5 Å². The number of phenolic OH excluding ortho intramolecular Hbond substituents is 1. The molecule has 0 aromatic heterocycles. The van der Waals surface area contributed by atoms with Crippen LogP contribution in [0.15, 0.2) is 12.1 Å². The molecule has 2 rings (SSSR count). The molecule has 5 heteroatoms. The predicted molar refractivity (Wildman–Crippen MR) is 67.1 cm³/mol. The van der Waals surface area contributed by atoms with Crippen LogP contribution in [0.2, 0.25) is 0 Å². The van der Waals surface area contributed by atoms with E-state index in [2.05, 4.69) is 0 Å². The van der Waals surface area contributed by atoms with Gasteiger partial charge in [0.25, 0.3) is 0 Å². The summed E-state index contributed by atoms with van der Waals surface area (Å²) < 4.78 is 5.03. The predicted octanol–water partition coefficient (Wildman–Crippen LogP) is 2.24. The Bertz CT molecular complexity index is 543. The van der Waals surface area contributed by atoms with Gasteiger partial charge < -0.3 is 14.9 Å². The molecule has 1 aromatic rings. The van der Waals surface area contributed by atoms with Crippen LogP contribution in [-0.4, -0.2) is 23.3 Å². The van der Waals surface area contributed by atoms with Crippen LogP contribution < -0.4 is 4.74 Å². The number of nitrogens with zero attached hydrogens (tertiary/aromatic N) is 1. The summed E-state index contributed by atoms with van der Waals surface area (Å²) in [6.45, 7) is 0. The van der Waals surface area contributed by atoms with Crippen molar-refractivity contribution in [2.75, 3.05) is 7.11 Å². The Morgan fingerprint density at radius 2 is 2.26 bits per heavy atom. The molecular formula is C14H15NO4. The number of carboxylic acid groups (broad SMARTS) is 1. The van der Waals surface area contributed by atoms with Gasteiger partial charge in [-0.3, -0.25) is 4.79 Å². The maximum absolute atomic E-state index is 11.0. The number of nitriles is 1. The summed E-state index contributed by atoms with van der Waals surface area (Å²) in [4.78, 5) is 11.0. The molecule has 19 heavy (non-hydrogen) atoms. The van der Waals surface area contributed by atoms with Crippen LogP contribution in [0, 0.1) is 17.2 Å². The van der Waals surface area contributed by atoms with Crippen molar-refractivity contribution in [1.82, 2.24) is 0 Å². The number of aromatic hydroxyl groups is 1. The van der Waals surface area contributed by atoms with Gasteiger partial charge in [0.15, 0.2) is 11.5 Å². The number of carboxylic acids is 1. The quantitative estimate of drug-likeness (QED) is 0.848. The van der Waals surface area contributed by atoms with E-state index in [1.165, 1.54) is 13.2 Å². The molecule has 0 heterocycles. The highest BCUT2D eigenvalue weighted by Gasteiger charge is 2.36. The summed E-state index contributed by atoms with van der Waals surface area (Å²) in [6, 6.07) is 5.01. The van der Waals surface area contributed by atoms with E-state index in [9.17, 15) is 9.90 Å². The smallest absolute Gasteiger partial charge is 0.303 e. The molecule has 0 radical (unpaired) electrons. The number of rotatable bonds is 5. The molecule has 2 N–H and O–H groups in total. The molecule has 5 nitrogen and oxygen atoms in total. The van der Waals surface area contributed by atoms with Gasteiger partial charge in [0, 0.05) is 17.5 Å². The largest absolute Gasteiger partial charge is 0.504 e. The number of hydrogen-bond donors (Lipinski definition) is 2. The highest BCUT2D eigenvalue weighted by atomic mass is 16.5. The average Bonchev–Trinajstić information content (AvgIpc) is 3.20. The van der Waals surface area contributed by atoms with Gasteiger partial charge in [0.2, 0.25) is 0 Å². The lowest BCUT2D eigenvalue weighted by Gasteiger charge is -2.18. The number of methoxy groups -OCH3 is 1. The van der Waals surface area contributed by atoms with Crippen molar-refractivity contribution in [3.05, 3.63) is 23.3 Å². The molecule has 100 valence electrons. The van der Waals surface area contributed by atoms with Gasteiger partial charge in [-0.15, -0.1) is 0 Å². The zero-order chi connectivity index (χ0) is 14.0. The molecule has 0 aliphatic heterocycles. The number of hydrogen-bond acceptors (Lipinski definition) is 4. The highest BCUT2D eigenvalue weighted by molar-refractivity contribution is 5.69. The lowest BCUT2D eigenvalue weighted by atomic mass is 9.89. The van der Waals surface area contributed by atoms with E-state index in [-0.39, 0.29) is 29.8 Å². The van der Waals surface area contributed by atoms with E-state index in [1.54, 1.807) is 6.07 Å². The van der Waals surface area contributed by atoms with Gasteiger partial charge in [0.05, 0.1) is 25.2 Å². The minimum Gasteiger partial charge on any atom is -0.504 e. The Balaban J connectivity index is 2.46. The summed E-state index contributed by atoms with van der Waals surface area (Å²) in [5.74, 6) is -0.747. The topological polar surface area (TPSA) is 90.5 Å². The molecule has 1 unspecified atom stereocenters. The molecule has 1 saturated carbocycles. The number of benzene rings is 1. The Morgan fingerprint density at radius 3 is 2.74 bits per heavy atom. The van der Waals surface area contributed by atoms with Crippen molar-refractivity contribution in [2.24, 2.45) is 5.92 Å². The Morgan fingerprint density at radius 1 is 1.58 bits per heavy atom. The minimum absolute atomic E-state index is 0.0454. The first kappa shape index (κ1) is 13.2. The molecular weight excluding hydrogens is 246 g/mol. The number of phenols is 1. The normalized spacial score (nSPS) is 15.6. The van der Waals surface area contributed by atoms with Crippen molar-refractivity contribution in [2.45, 2.75) is 25.2 Å². The van der Waals surface area contributed by atoms with E-state index >= 15 is 0 Å². The van der Waals surface area contributed by atoms with Gasteiger partial charge in [0.1, 0.15) is 0 Å². The first-order valence-corrected chi connectivity index (χ1v) is 6.09. The standard InChI is InChI=1S/C14H15NO4/c1-19-12-5-8(7-15)4-11(14(12)18)10(6-13(16)17)9-2-3-9/h4-5,9-10,18H,2-3,6H2,1H3,(H,16,17). The number of ether oxygens (including phenoxy) is 1. The molecule has 0 bridgehead atoms. The maximum atomic E-state index is 11.0. The van der Waals surface area contributed by atoms with Gasteiger partial charge in [-0.1, -0.05) is 0 Å². The zero-order valence-corrected chi connectivity index (χ0v) is 10.6. The lowest BCUT2D eigenvalue weighted by Crippen LogP contribution is -2.09. The molecule has 1 aliphatic carbocycles. The summed E-state index contributed by atoms with van der Waals surface area (Å²) in [5.41, 5.74) is 0.862. The van der Waals surface area contributed by atoms with E-state index in [0.717, 1.165) is 12.8 Å². The van der Waals surface area contributed by atoms with Crippen LogP contribution in [0.1, 0.15) is 36.3 Å². The SMILES string of the molecule is COc1cc(C#N)cc(C(CC(=O)O)C2CC2)c1O. The second-order valence-corrected chi connectivity index (χ2v) is 4.77. The lowest BCUT2D eigenvalue weighted by molar-refractivity contribution is -0.137. The Kier molecular flexibility index (Phi) is 3.61. The van der Waals surface area contributed by atoms with E-state index < -0.39 is 5.97 Å². The average molecular weight is 261 g/mol. The third kappa shape index (κ3) is 2.79. The summed E-state index contributed by atoms with van der Waals surface area (Å²) in [7, 11) is 1.41. The van der Waals surface area contributed by atoms with Gasteiger partial charge in [-0.2, -0.15) is 5.26 Å². The second-order valence-electron chi connectivity index (χ2n) is 4.77. The van der Waals surface area contributed by atoms with Gasteiger partial charge >= 0.3 is 5.97 Å². The van der Waals surface area contributed by atoms with Gasteiger partial charge in [-0.25, -0.2) is 0 Å². The van der Waals surface area contributed by atoms with Crippen LogP contribution in [0.25, 0.3) is 0 Å². The van der Waals surface area contributed by atoms with E-state index in [4.69, 9.17) is 15.1 Å². The van der Waals surface area contributed by atoms with Crippen LogP contribution >= 0.6 is 0 Å². The third-order valence-corrected chi connectivity index (χ3v) is 3.44.